The highest BCUT2D eigenvalue weighted by molar-refractivity contribution is 6.30. The summed E-state index contributed by atoms with van der Waals surface area (Å²) >= 11 is 6.23. The lowest BCUT2D eigenvalue weighted by Gasteiger charge is -2.34. The van der Waals surface area contributed by atoms with Gasteiger partial charge in [0.2, 0.25) is 0 Å². The van der Waals surface area contributed by atoms with Crippen molar-refractivity contribution in [3.63, 3.8) is 0 Å². The summed E-state index contributed by atoms with van der Waals surface area (Å²) in [5.41, 5.74) is 7.00. The topological polar surface area (TPSA) is 47.1 Å². The number of likely N-dealkylation sites (tertiary alicyclic amines) is 1. The minimum Gasteiger partial charge on any atom is -0.333 e. The van der Waals surface area contributed by atoms with Gasteiger partial charge in [-0.05, 0) is 32.9 Å². The van der Waals surface area contributed by atoms with E-state index in [1.165, 1.54) is 19.3 Å². The van der Waals surface area contributed by atoms with Crippen LogP contribution < -0.4 is 5.73 Å². The zero-order valence-corrected chi connectivity index (χ0v) is 11.4. The molecule has 0 saturated carbocycles. The van der Waals surface area contributed by atoms with E-state index in [9.17, 15) is 0 Å². The van der Waals surface area contributed by atoms with Crippen molar-refractivity contribution in [2.75, 3.05) is 19.6 Å². The van der Waals surface area contributed by atoms with Gasteiger partial charge in [-0.3, -0.25) is 4.90 Å². The average molecular weight is 257 g/mol. The van der Waals surface area contributed by atoms with Gasteiger partial charge in [0.05, 0.1) is 11.7 Å². The molecule has 1 saturated heterocycles. The summed E-state index contributed by atoms with van der Waals surface area (Å²) in [5, 5.41) is 0.603. The summed E-state index contributed by atoms with van der Waals surface area (Å²) < 4.78 is 2.06. The molecule has 1 aliphatic rings. The Bertz CT molecular complexity index is 382. The van der Waals surface area contributed by atoms with Crippen LogP contribution in [0.25, 0.3) is 0 Å². The van der Waals surface area contributed by atoms with Crippen LogP contribution >= 0.6 is 11.6 Å². The number of aryl methyl sites for hydroxylation is 1. The van der Waals surface area contributed by atoms with Crippen LogP contribution in [-0.4, -0.2) is 34.1 Å². The van der Waals surface area contributed by atoms with Gasteiger partial charge in [0.25, 0.3) is 0 Å². The quantitative estimate of drug-likeness (QED) is 0.898. The van der Waals surface area contributed by atoms with Gasteiger partial charge in [0, 0.05) is 13.6 Å². The number of imidazole rings is 1. The number of halogens is 1. The molecule has 0 radical (unpaired) electrons. The second kappa shape index (κ2) is 5.38. The third-order valence-electron chi connectivity index (χ3n) is 3.69. The number of hydrogen-bond acceptors (Lipinski definition) is 3. The Morgan fingerprint density at radius 3 is 2.47 bits per heavy atom. The van der Waals surface area contributed by atoms with Crippen molar-refractivity contribution in [2.45, 2.75) is 32.2 Å². The molecule has 0 amide bonds. The molecule has 1 aromatic rings. The summed E-state index contributed by atoms with van der Waals surface area (Å²) in [5.74, 6) is 0.945. The average Bonchev–Trinajstić information content (AvgIpc) is 2.58. The first-order valence-electron chi connectivity index (χ1n) is 6.28. The van der Waals surface area contributed by atoms with Gasteiger partial charge < -0.3 is 10.3 Å². The van der Waals surface area contributed by atoms with Crippen molar-refractivity contribution in [2.24, 2.45) is 12.8 Å². The first-order valence-corrected chi connectivity index (χ1v) is 6.65. The zero-order valence-electron chi connectivity index (χ0n) is 10.6. The molecule has 1 aromatic heterocycles. The molecule has 0 aliphatic carbocycles. The molecule has 4 nitrogen and oxygen atoms in total. The highest BCUT2D eigenvalue weighted by Crippen LogP contribution is 2.29. The first-order chi connectivity index (χ1) is 8.15. The van der Waals surface area contributed by atoms with Crippen LogP contribution in [0.4, 0.5) is 0 Å². The van der Waals surface area contributed by atoms with E-state index in [1.807, 2.05) is 14.0 Å². The molecular formula is C12H21ClN4. The van der Waals surface area contributed by atoms with Crippen molar-refractivity contribution < 1.29 is 0 Å². The second-order valence-corrected chi connectivity index (χ2v) is 5.10. The molecule has 0 spiro atoms. The van der Waals surface area contributed by atoms with E-state index < -0.39 is 0 Å². The highest BCUT2D eigenvalue weighted by Gasteiger charge is 2.26. The second-order valence-electron chi connectivity index (χ2n) is 4.74. The van der Waals surface area contributed by atoms with Gasteiger partial charge in [-0.15, -0.1) is 0 Å². The van der Waals surface area contributed by atoms with E-state index in [2.05, 4.69) is 14.5 Å². The zero-order chi connectivity index (χ0) is 12.4. The van der Waals surface area contributed by atoms with Crippen molar-refractivity contribution in [1.29, 1.82) is 0 Å². The van der Waals surface area contributed by atoms with Gasteiger partial charge in [0.1, 0.15) is 5.82 Å². The minimum atomic E-state index is 0.203. The smallest absolute Gasteiger partial charge is 0.152 e. The molecule has 2 N–H and O–H groups in total. The maximum Gasteiger partial charge on any atom is 0.152 e. The standard InChI is InChI=1S/C12H21ClN4/c1-9-15-12(13)11(16(9)2)10(8-14)17-6-4-3-5-7-17/h10H,3-8,14H2,1-2H3. The lowest BCUT2D eigenvalue weighted by Crippen LogP contribution is -2.38. The van der Waals surface area contributed by atoms with Gasteiger partial charge in [-0.25, -0.2) is 4.98 Å². The number of nitrogens with two attached hydrogens (primary N) is 1. The Morgan fingerprint density at radius 2 is 2.00 bits per heavy atom. The summed E-state index contributed by atoms with van der Waals surface area (Å²) in [6, 6.07) is 0.203. The molecule has 5 heteroatoms. The minimum absolute atomic E-state index is 0.203. The Kier molecular flexibility index (Phi) is 4.07. The molecule has 1 unspecified atom stereocenters. The van der Waals surface area contributed by atoms with Crippen LogP contribution in [0, 0.1) is 6.92 Å². The van der Waals surface area contributed by atoms with Crippen LogP contribution in [0.5, 0.6) is 0 Å². The Labute approximate surface area is 108 Å². The van der Waals surface area contributed by atoms with Crippen molar-refractivity contribution in [3.8, 4) is 0 Å². The number of hydrogen-bond donors (Lipinski definition) is 1. The Balaban J connectivity index is 2.27. The summed E-state index contributed by atoms with van der Waals surface area (Å²) in [7, 11) is 2.01. The molecule has 1 aliphatic heterocycles. The first kappa shape index (κ1) is 12.9. The summed E-state index contributed by atoms with van der Waals surface area (Å²) in [4.78, 5) is 6.76. The summed E-state index contributed by atoms with van der Waals surface area (Å²) in [6.45, 7) is 4.79. The molecular weight excluding hydrogens is 236 g/mol. The predicted octanol–water partition coefficient (Wildman–Crippen LogP) is 1.87. The normalized spacial score (nSPS) is 19.5. The van der Waals surface area contributed by atoms with E-state index >= 15 is 0 Å². The highest BCUT2D eigenvalue weighted by atomic mass is 35.5. The fourth-order valence-electron chi connectivity index (χ4n) is 2.61. The monoisotopic (exact) mass is 256 g/mol. The number of nitrogens with zero attached hydrogens (tertiary/aromatic N) is 3. The maximum absolute atomic E-state index is 6.23. The van der Waals surface area contributed by atoms with Gasteiger partial charge >= 0.3 is 0 Å². The van der Waals surface area contributed by atoms with Crippen LogP contribution in [-0.2, 0) is 7.05 Å². The Morgan fingerprint density at radius 1 is 1.35 bits per heavy atom. The number of piperidine rings is 1. The Hall–Kier alpha value is -0.580. The number of aromatic nitrogens is 2. The van der Waals surface area contributed by atoms with E-state index in [0.29, 0.717) is 11.7 Å². The maximum atomic E-state index is 6.23. The lowest BCUT2D eigenvalue weighted by molar-refractivity contribution is 0.162. The van der Waals surface area contributed by atoms with Gasteiger partial charge in [0.15, 0.2) is 5.15 Å². The van der Waals surface area contributed by atoms with Crippen LogP contribution in [0.3, 0.4) is 0 Å². The van der Waals surface area contributed by atoms with Gasteiger partial charge in [-0.2, -0.15) is 0 Å². The van der Waals surface area contributed by atoms with Crippen molar-refractivity contribution in [3.05, 3.63) is 16.7 Å². The molecule has 17 heavy (non-hydrogen) atoms. The largest absolute Gasteiger partial charge is 0.333 e. The fourth-order valence-corrected chi connectivity index (χ4v) is 2.99. The third kappa shape index (κ3) is 2.49. The fraction of sp³-hybridized carbons (Fsp3) is 0.750. The lowest BCUT2D eigenvalue weighted by atomic mass is 10.1. The van der Waals surface area contributed by atoms with Crippen molar-refractivity contribution in [1.82, 2.24) is 14.5 Å². The van der Waals surface area contributed by atoms with Crippen LogP contribution in [0.1, 0.15) is 36.8 Å². The molecule has 0 bridgehead atoms. The summed E-state index contributed by atoms with van der Waals surface area (Å²) in [6.07, 6.45) is 3.84. The molecule has 1 atom stereocenters. The molecule has 1 fully saturated rings. The van der Waals surface area contributed by atoms with Crippen LogP contribution in [0.15, 0.2) is 0 Å². The third-order valence-corrected chi connectivity index (χ3v) is 3.97. The molecule has 0 aromatic carbocycles. The van der Waals surface area contributed by atoms with E-state index in [1.54, 1.807) is 0 Å². The van der Waals surface area contributed by atoms with Gasteiger partial charge in [-0.1, -0.05) is 18.0 Å². The van der Waals surface area contributed by atoms with E-state index in [4.69, 9.17) is 17.3 Å². The van der Waals surface area contributed by atoms with Crippen molar-refractivity contribution >= 4 is 11.6 Å². The van der Waals surface area contributed by atoms with E-state index in [0.717, 1.165) is 24.6 Å². The molecule has 2 heterocycles. The SMILES string of the molecule is Cc1nc(Cl)c(C(CN)N2CCCCC2)n1C. The number of rotatable bonds is 3. The molecule has 96 valence electrons. The van der Waals surface area contributed by atoms with Crippen LogP contribution in [0.2, 0.25) is 5.15 Å². The molecule has 2 rings (SSSR count). The van der Waals surface area contributed by atoms with E-state index in [-0.39, 0.29) is 6.04 Å². The predicted molar refractivity (Wildman–Crippen MR) is 70.2 cm³/mol.